The number of aliphatic imine (C=N–C) groups is 1. The largest absolute Gasteiger partial charge is 0.295 e. The second-order valence-electron chi connectivity index (χ2n) is 7.54. The highest BCUT2D eigenvalue weighted by Gasteiger charge is 2.17. The van der Waals surface area contributed by atoms with Gasteiger partial charge in [-0.1, -0.05) is 6.07 Å². The predicted molar refractivity (Wildman–Crippen MR) is 131 cm³/mol. The molecule has 12 heteroatoms. The number of nitrogens with one attached hydrogen (secondary N) is 2. The van der Waals surface area contributed by atoms with E-state index < -0.39 is 14.9 Å². The Labute approximate surface area is 200 Å². The summed E-state index contributed by atoms with van der Waals surface area (Å²) in [5.74, 6) is 0.206. The number of hydrogen-bond donors (Lipinski definition) is 2. The monoisotopic (exact) mass is 492 g/mol. The second kappa shape index (κ2) is 9.35. The molecule has 4 rings (SSSR count). The van der Waals surface area contributed by atoms with Gasteiger partial charge in [0.15, 0.2) is 0 Å². The first-order valence-corrected chi connectivity index (χ1v) is 11.8. The van der Waals surface area contributed by atoms with Gasteiger partial charge >= 0.3 is 0 Å². The van der Waals surface area contributed by atoms with Gasteiger partial charge in [-0.05, 0) is 62.4 Å². The first-order chi connectivity index (χ1) is 16.7. The van der Waals surface area contributed by atoms with Crippen LogP contribution in [0.4, 0.5) is 17.2 Å². The summed E-state index contributed by atoms with van der Waals surface area (Å²) < 4.78 is 28.8. The lowest BCUT2D eigenvalue weighted by Gasteiger charge is -2.07. The second-order valence-corrected chi connectivity index (χ2v) is 9.22. The van der Waals surface area contributed by atoms with Crippen molar-refractivity contribution in [3.63, 3.8) is 0 Å². The van der Waals surface area contributed by atoms with Gasteiger partial charge in [-0.25, -0.2) is 18.1 Å². The number of nitro benzene ring substituents is 1. The minimum Gasteiger partial charge on any atom is -0.295 e. The Bertz CT molecular complexity index is 1570. The Kier molecular flexibility index (Phi) is 6.30. The highest BCUT2D eigenvalue weighted by Crippen LogP contribution is 2.20. The summed E-state index contributed by atoms with van der Waals surface area (Å²) in [6.45, 7) is 3.39. The maximum Gasteiger partial charge on any atom is 0.280 e. The third-order valence-electron chi connectivity index (χ3n) is 5.10. The van der Waals surface area contributed by atoms with E-state index in [-0.39, 0.29) is 22.0 Å². The van der Waals surface area contributed by atoms with Gasteiger partial charge < -0.3 is 0 Å². The zero-order valence-corrected chi connectivity index (χ0v) is 19.5. The van der Waals surface area contributed by atoms with E-state index in [9.17, 15) is 23.3 Å². The number of aryl methyl sites for hydroxylation is 1. The molecule has 0 saturated heterocycles. The average Bonchev–Trinajstić information content (AvgIpc) is 3.13. The summed E-state index contributed by atoms with van der Waals surface area (Å²) in [5, 5.41) is 13.8. The number of anilines is 1. The topological polar surface area (TPSA) is 152 Å². The van der Waals surface area contributed by atoms with Crippen LogP contribution < -0.4 is 10.3 Å². The van der Waals surface area contributed by atoms with Crippen molar-refractivity contribution in [3.05, 3.63) is 105 Å². The molecular formula is C23H20N6O5S. The van der Waals surface area contributed by atoms with Crippen molar-refractivity contribution in [2.24, 2.45) is 4.99 Å². The highest BCUT2D eigenvalue weighted by atomic mass is 32.2. The number of pyridine rings is 1. The molecule has 0 unspecified atom stereocenters. The number of sulfonamides is 1. The molecule has 11 nitrogen and oxygen atoms in total. The number of H-pyrrole nitrogens is 1. The quantitative estimate of drug-likeness (QED) is 0.228. The van der Waals surface area contributed by atoms with Crippen LogP contribution in [-0.2, 0) is 10.0 Å². The van der Waals surface area contributed by atoms with E-state index >= 15 is 0 Å². The zero-order valence-electron chi connectivity index (χ0n) is 18.7. The Morgan fingerprint density at radius 1 is 1.09 bits per heavy atom. The standard InChI is InChI=1S/C23H20N6O5S/c1-15(22-16(2)26-28(23(22)30)18-8-10-19(11-9-18)29(31)32)25-17-6-12-20(13-7-17)35(33,34)27-21-5-3-4-14-24-21/h3-14,26H,1-2H3,(H,24,27). The number of non-ortho nitro benzene ring substituents is 1. The number of nitrogens with zero attached hydrogens (tertiary/aromatic N) is 4. The van der Waals surface area contributed by atoms with Crippen molar-refractivity contribution in [2.45, 2.75) is 18.7 Å². The summed E-state index contributed by atoms with van der Waals surface area (Å²) >= 11 is 0. The fourth-order valence-electron chi connectivity index (χ4n) is 3.45. The molecule has 35 heavy (non-hydrogen) atoms. The maximum absolute atomic E-state index is 13.0. The molecule has 2 aromatic heterocycles. The van der Waals surface area contributed by atoms with Crippen molar-refractivity contribution < 1.29 is 13.3 Å². The molecule has 0 aliphatic rings. The minimum atomic E-state index is -3.82. The van der Waals surface area contributed by atoms with E-state index in [0.717, 1.165) is 0 Å². The van der Waals surface area contributed by atoms with E-state index in [2.05, 4.69) is 19.8 Å². The lowest BCUT2D eigenvalue weighted by Crippen LogP contribution is -2.19. The van der Waals surface area contributed by atoms with Crippen LogP contribution in [0.3, 0.4) is 0 Å². The molecule has 0 atom stereocenters. The Hall–Kier alpha value is -4.58. The van der Waals surface area contributed by atoms with Crippen molar-refractivity contribution >= 4 is 32.9 Å². The van der Waals surface area contributed by atoms with Crippen LogP contribution in [0, 0.1) is 17.0 Å². The normalized spacial score (nSPS) is 11.9. The average molecular weight is 493 g/mol. The first kappa shape index (κ1) is 23.6. The Balaban J connectivity index is 1.59. The molecule has 0 aliphatic carbocycles. The van der Waals surface area contributed by atoms with Gasteiger partial charge in [-0.15, -0.1) is 0 Å². The summed E-state index contributed by atoms with van der Waals surface area (Å²) in [6.07, 6.45) is 1.48. The van der Waals surface area contributed by atoms with Crippen LogP contribution in [0.5, 0.6) is 0 Å². The number of hydrogen-bond acceptors (Lipinski definition) is 7. The smallest absolute Gasteiger partial charge is 0.280 e. The molecule has 178 valence electrons. The van der Waals surface area contributed by atoms with Crippen molar-refractivity contribution in [1.82, 2.24) is 14.8 Å². The summed E-state index contributed by atoms with van der Waals surface area (Å²) in [5.41, 5.74) is 1.79. The van der Waals surface area contributed by atoms with E-state index in [1.807, 2.05) is 0 Å². The molecule has 2 heterocycles. The molecule has 2 aromatic carbocycles. The van der Waals surface area contributed by atoms with Gasteiger partial charge in [-0.2, -0.15) is 0 Å². The molecule has 0 amide bonds. The third kappa shape index (κ3) is 5.01. The minimum absolute atomic E-state index is 0.0399. The third-order valence-corrected chi connectivity index (χ3v) is 6.47. The highest BCUT2D eigenvalue weighted by molar-refractivity contribution is 7.92. The number of nitro groups is 1. The van der Waals surface area contributed by atoms with Crippen LogP contribution in [0.15, 0.2) is 87.6 Å². The molecule has 0 bridgehead atoms. The zero-order chi connectivity index (χ0) is 25.2. The number of rotatable bonds is 7. The lowest BCUT2D eigenvalue weighted by molar-refractivity contribution is -0.384. The van der Waals surface area contributed by atoms with Crippen LogP contribution in [-0.4, -0.2) is 33.8 Å². The van der Waals surface area contributed by atoms with Gasteiger partial charge in [-0.3, -0.25) is 29.7 Å². The van der Waals surface area contributed by atoms with E-state index in [1.165, 1.54) is 59.4 Å². The van der Waals surface area contributed by atoms with Crippen LogP contribution in [0.1, 0.15) is 18.2 Å². The number of benzene rings is 2. The van der Waals surface area contributed by atoms with E-state index in [4.69, 9.17) is 0 Å². The summed E-state index contributed by atoms with van der Waals surface area (Å²) in [7, 11) is -3.82. The molecule has 2 N–H and O–H groups in total. The number of aromatic amines is 1. The molecule has 0 spiro atoms. The van der Waals surface area contributed by atoms with Crippen molar-refractivity contribution in [3.8, 4) is 5.69 Å². The van der Waals surface area contributed by atoms with Crippen molar-refractivity contribution in [1.29, 1.82) is 0 Å². The fourth-order valence-corrected chi connectivity index (χ4v) is 4.46. The SMILES string of the molecule is CC(=Nc1ccc(S(=O)(=O)Nc2ccccn2)cc1)c1c(C)[nH]n(-c2ccc([N+](=O)[O-])cc2)c1=O. The van der Waals surface area contributed by atoms with Crippen LogP contribution >= 0.6 is 0 Å². The molecular weight excluding hydrogens is 472 g/mol. The van der Waals surface area contributed by atoms with Gasteiger partial charge in [0.1, 0.15) is 5.82 Å². The molecule has 0 saturated carbocycles. The first-order valence-electron chi connectivity index (χ1n) is 10.3. The molecule has 4 aromatic rings. The Morgan fingerprint density at radius 3 is 2.37 bits per heavy atom. The van der Waals surface area contributed by atoms with E-state index in [1.54, 1.807) is 32.0 Å². The Morgan fingerprint density at radius 2 is 1.77 bits per heavy atom. The van der Waals surface area contributed by atoms with Gasteiger partial charge in [0.25, 0.3) is 21.3 Å². The molecule has 0 aliphatic heterocycles. The lowest BCUT2D eigenvalue weighted by atomic mass is 10.1. The van der Waals surface area contributed by atoms with Gasteiger partial charge in [0.05, 0.1) is 32.5 Å². The predicted octanol–water partition coefficient (Wildman–Crippen LogP) is 3.72. The molecule has 0 radical (unpaired) electrons. The van der Waals surface area contributed by atoms with Crippen LogP contribution in [0.25, 0.3) is 5.69 Å². The van der Waals surface area contributed by atoms with Crippen LogP contribution in [0.2, 0.25) is 0 Å². The van der Waals surface area contributed by atoms with E-state index in [0.29, 0.717) is 28.3 Å². The summed E-state index contributed by atoms with van der Waals surface area (Å²) in [4.78, 5) is 31.8. The number of aromatic nitrogens is 3. The maximum atomic E-state index is 13.0. The molecule has 0 fully saturated rings. The fraction of sp³-hybridized carbons (Fsp3) is 0.0870. The summed E-state index contributed by atoms with van der Waals surface area (Å²) in [6, 6.07) is 16.4. The van der Waals surface area contributed by atoms with Crippen molar-refractivity contribution in [2.75, 3.05) is 4.72 Å². The van der Waals surface area contributed by atoms with Gasteiger partial charge in [0.2, 0.25) is 0 Å². The van der Waals surface area contributed by atoms with Gasteiger partial charge in [0, 0.05) is 24.0 Å².